The van der Waals surface area contributed by atoms with E-state index in [9.17, 15) is 14.4 Å². The smallest absolute Gasteiger partial charge is 0.337 e. The molecule has 0 saturated carbocycles. The van der Waals surface area contributed by atoms with Crippen molar-refractivity contribution in [3.05, 3.63) is 39.9 Å². The molecule has 1 aromatic carbocycles. The minimum atomic E-state index is -0.488. The number of carbonyl (C=O) groups excluding carboxylic acids is 2. The fourth-order valence-corrected chi connectivity index (χ4v) is 2.73. The highest BCUT2D eigenvalue weighted by molar-refractivity contribution is 5.93. The number of aromatic nitrogens is 2. The first-order valence-electron chi connectivity index (χ1n) is 8.47. The molecule has 0 saturated heterocycles. The highest BCUT2D eigenvalue weighted by Crippen LogP contribution is 2.12. The van der Waals surface area contributed by atoms with E-state index in [-0.39, 0.29) is 18.0 Å². The topological polar surface area (TPSA) is 95.6 Å². The average molecular weight is 360 g/mol. The van der Waals surface area contributed by atoms with Crippen molar-refractivity contribution in [2.75, 3.05) is 33.8 Å². The lowest BCUT2D eigenvalue weighted by Gasteiger charge is -2.22. The number of methoxy groups -OCH3 is 1. The first kappa shape index (κ1) is 19.6. The Kier molecular flexibility index (Phi) is 6.46. The number of amides is 1. The molecule has 0 atom stereocenters. The van der Waals surface area contributed by atoms with Crippen LogP contribution in [0.1, 0.15) is 30.0 Å². The van der Waals surface area contributed by atoms with E-state index in [1.807, 2.05) is 13.8 Å². The van der Waals surface area contributed by atoms with Gasteiger partial charge in [0.1, 0.15) is 5.82 Å². The van der Waals surface area contributed by atoms with Gasteiger partial charge in [-0.15, -0.1) is 0 Å². The van der Waals surface area contributed by atoms with E-state index in [4.69, 9.17) is 4.74 Å². The van der Waals surface area contributed by atoms with Gasteiger partial charge in [-0.05, 0) is 39.1 Å². The number of ether oxygens (including phenoxy) is 1. The van der Waals surface area contributed by atoms with Crippen LogP contribution in [0.25, 0.3) is 10.9 Å². The van der Waals surface area contributed by atoms with Crippen LogP contribution in [-0.2, 0) is 16.1 Å². The van der Waals surface area contributed by atoms with Gasteiger partial charge in [-0.25, -0.2) is 9.78 Å². The molecule has 1 amide bonds. The number of aromatic amines is 1. The molecule has 0 spiro atoms. The van der Waals surface area contributed by atoms with Crippen molar-refractivity contribution in [2.24, 2.45) is 0 Å². The molecule has 0 aliphatic heterocycles. The molecule has 26 heavy (non-hydrogen) atoms. The van der Waals surface area contributed by atoms with Gasteiger partial charge in [-0.2, -0.15) is 0 Å². The highest BCUT2D eigenvalue weighted by Gasteiger charge is 2.14. The Bertz CT molecular complexity index is 858. The van der Waals surface area contributed by atoms with Crippen LogP contribution in [0.2, 0.25) is 0 Å². The second kappa shape index (κ2) is 8.57. The van der Waals surface area contributed by atoms with Gasteiger partial charge < -0.3 is 14.6 Å². The monoisotopic (exact) mass is 360 g/mol. The molecule has 8 heteroatoms. The minimum Gasteiger partial charge on any atom is -0.465 e. The van der Waals surface area contributed by atoms with E-state index in [1.165, 1.54) is 19.2 Å². The summed E-state index contributed by atoms with van der Waals surface area (Å²) in [5.41, 5.74) is 0.453. The molecule has 0 fully saturated rings. The molecule has 0 aliphatic rings. The van der Waals surface area contributed by atoms with Crippen molar-refractivity contribution < 1.29 is 14.3 Å². The lowest BCUT2D eigenvalue weighted by Crippen LogP contribution is -2.38. The van der Waals surface area contributed by atoms with Gasteiger partial charge in [0.05, 0.1) is 36.7 Å². The maximum absolute atomic E-state index is 12.2. The fourth-order valence-electron chi connectivity index (χ4n) is 2.73. The molecule has 140 valence electrons. The zero-order valence-corrected chi connectivity index (χ0v) is 15.5. The molecule has 0 aliphatic carbocycles. The Morgan fingerprint density at radius 3 is 2.54 bits per heavy atom. The minimum absolute atomic E-state index is 0.0219. The molecule has 0 unspecified atom stereocenters. The Hall–Kier alpha value is -2.74. The maximum atomic E-state index is 12.2. The fraction of sp³-hybridized carbons (Fsp3) is 0.444. The number of carbonyl (C=O) groups is 2. The highest BCUT2D eigenvalue weighted by atomic mass is 16.5. The van der Waals surface area contributed by atoms with Gasteiger partial charge in [0, 0.05) is 13.1 Å². The first-order valence-corrected chi connectivity index (χ1v) is 8.47. The van der Waals surface area contributed by atoms with Crippen LogP contribution in [0.15, 0.2) is 23.0 Å². The number of fused-ring (bicyclic) bond motifs is 1. The predicted octanol–water partition coefficient (Wildman–Crippen LogP) is 1.01. The number of hydrogen-bond acceptors (Lipinski definition) is 6. The summed E-state index contributed by atoms with van der Waals surface area (Å²) in [6.07, 6.45) is 0. The number of rotatable bonds is 7. The molecule has 2 aromatic rings. The summed E-state index contributed by atoms with van der Waals surface area (Å²) in [7, 11) is 3.08. The van der Waals surface area contributed by atoms with Crippen LogP contribution in [0.3, 0.4) is 0 Å². The summed E-state index contributed by atoms with van der Waals surface area (Å²) in [6.45, 7) is 5.71. The van der Waals surface area contributed by atoms with Crippen LogP contribution >= 0.6 is 0 Å². The largest absolute Gasteiger partial charge is 0.465 e. The van der Waals surface area contributed by atoms with Gasteiger partial charge >= 0.3 is 5.97 Å². The quantitative estimate of drug-likeness (QED) is 0.741. The van der Waals surface area contributed by atoms with Crippen molar-refractivity contribution in [3.8, 4) is 0 Å². The first-order chi connectivity index (χ1) is 12.4. The summed E-state index contributed by atoms with van der Waals surface area (Å²) >= 11 is 0. The van der Waals surface area contributed by atoms with Gasteiger partial charge in [0.15, 0.2) is 0 Å². The summed E-state index contributed by atoms with van der Waals surface area (Å²) in [4.78, 5) is 46.8. The lowest BCUT2D eigenvalue weighted by molar-refractivity contribution is -0.131. The zero-order valence-electron chi connectivity index (χ0n) is 15.5. The van der Waals surface area contributed by atoms with E-state index < -0.39 is 5.97 Å². The van der Waals surface area contributed by atoms with Gasteiger partial charge in [-0.3, -0.25) is 14.5 Å². The molecule has 8 nitrogen and oxygen atoms in total. The van der Waals surface area contributed by atoms with Crippen molar-refractivity contribution in [1.82, 2.24) is 19.8 Å². The van der Waals surface area contributed by atoms with Crippen molar-refractivity contribution in [1.29, 1.82) is 0 Å². The Labute approximate surface area is 151 Å². The van der Waals surface area contributed by atoms with Crippen LogP contribution in [0.5, 0.6) is 0 Å². The van der Waals surface area contributed by atoms with Crippen molar-refractivity contribution >= 4 is 22.8 Å². The van der Waals surface area contributed by atoms with Crippen LogP contribution < -0.4 is 5.56 Å². The molecule has 1 heterocycles. The number of esters is 1. The van der Waals surface area contributed by atoms with E-state index in [0.29, 0.717) is 41.9 Å². The van der Waals surface area contributed by atoms with Crippen molar-refractivity contribution in [2.45, 2.75) is 20.4 Å². The number of nitrogens with one attached hydrogen (secondary N) is 1. The normalized spacial score (nSPS) is 11.0. The summed E-state index contributed by atoms with van der Waals surface area (Å²) in [5.74, 6) is -0.0366. The summed E-state index contributed by atoms with van der Waals surface area (Å²) in [5, 5.41) is 0.392. The third-order valence-corrected chi connectivity index (χ3v) is 4.12. The second-order valence-corrected chi connectivity index (χ2v) is 5.97. The molecule has 0 radical (unpaired) electrons. The number of benzene rings is 1. The number of likely N-dealkylation sites (N-methyl/N-ethyl adjacent to an activating group) is 2. The Morgan fingerprint density at radius 1 is 1.23 bits per heavy atom. The molecule has 1 aromatic heterocycles. The summed E-state index contributed by atoms with van der Waals surface area (Å²) in [6, 6.07) is 4.60. The molecular weight excluding hydrogens is 336 g/mol. The van der Waals surface area contributed by atoms with E-state index in [2.05, 4.69) is 9.97 Å². The predicted molar refractivity (Wildman–Crippen MR) is 98.0 cm³/mol. The second-order valence-electron chi connectivity index (χ2n) is 5.97. The van der Waals surface area contributed by atoms with Gasteiger partial charge in [0.2, 0.25) is 5.91 Å². The van der Waals surface area contributed by atoms with E-state index in [0.717, 1.165) is 0 Å². The van der Waals surface area contributed by atoms with Crippen LogP contribution in [-0.4, -0.2) is 65.4 Å². The lowest BCUT2D eigenvalue weighted by atomic mass is 10.1. The van der Waals surface area contributed by atoms with E-state index >= 15 is 0 Å². The van der Waals surface area contributed by atoms with E-state index in [1.54, 1.807) is 22.9 Å². The molecular formula is C18H24N4O4. The summed E-state index contributed by atoms with van der Waals surface area (Å²) < 4.78 is 4.69. The van der Waals surface area contributed by atoms with Gasteiger partial charge in [0.25, 0.3) is 5.56 Å². The van der Waals surface area contributed by atoms with Crippen LogP contribution in [0, 0.1) is 0 Å². The zero-order chi connectivity index (χ0) is 19.3. The van der Waals surface area contributed by atoms with Gasteiger partial charge in [-0.1, -0.05) is 0 Å². The maximum Gasteiger partial charge on any atom is 0.337 e. The standard InChI is InChI=1S/C18H24N4O4/c1-5-22(6-2)16(23)11-21(3)10-15-19-14-9-12(18(25)26-4)7-8-13(14)17(24)20-15/h7-9H,5-6,10-11H2,1-4H3,(H,19,20,24). The third kappa shape index (κ3) is 4.45. The molecule has 2 rings (SSSR count). The molecule has 0 bridgehead atoms. The van der Waals surface area contributed by atoms with Crippen molar-refractivity contribution in [3.63, 3.8) is 0 Å². The van der Waals surface area contributed by atoms with Crippen LogP contribution in [0.4, 0.5) is 0 Å². The SMILES string of the molecule is CCN(CC)C(=O)CN(C)Cc1nc2cc(C(=O)OC)ccc2c(=O)[nH]1. The molecule has 1 N–H and O–H groups in total. The number of hydrogen-bond donors (Lipinski definition) is 1. The number of H-pyrrole nitrogens is 1. The Morgan fingerprint density at radius 2 is 1.92 bits per heavy atom. The average Bonchev–Trinajstić information content (AvgIpc) is 2.61. The third-order valence-electron chi connectivity index (χ3n) is 4.12. The number of nitrogens with zero attached hydrogens (tertiary/aromatic N) is 3. The Balaban J connectivity index is 2.22.